The SMILES string of the molecule is Cc1cccc(C)c1Cn1c(-c2ccccc2OCC(N)=O)nc2ccccc21. The Morgan fingerprint density at radius 1 is 0.966 bits per heavy atom. The number of ether oxygens (including phenoxy) is 1. The average Bonchev–Trinajstić information content (AvgIpc) is 3.08. The van der Waals surface area contributed by atoms with Crippen LogP contribution in [-0.4, -0.2) is 22.1 Å². The summed E-state index contributed by atoms with van der Waals surface area (Å²) in [6, 6.07) is 22.0. The lowest BCUT2D eigenvalue weighted by atomic mass is 10.0. The molecule has 4 rings (SSSR count). The van der Waals surface area contributed by atoms with Crippen molar-refractivity contribution < 1.29 is 9.53 Å². The number of hydrogen-bond donors (Lipinski definition) is 1. The zero-order valence-corrected chi connectivity index (χ0v) is 16.6. The summed E-state index contributed by atoms with van der Waals surface area (Å²) >= 11 is 0. The zero-order chi connectivity index (χ0) is 20.4. The van der Waals surface area contributed by atoms with Crippen LogP contribution in [0.4, 0.5) is 0 Å². The molecule has 1 amide bonds. The minimum absolute atomic E-state index is 0.172. The molecule has 29 heavy (non-hydrogen) atoms. The minimum Gasteiger partial charge on any atom is -0.483 e. The van der Waals surface area contributed by atoms with Gasteiger partial charge in [-0.15, -0.1) is 0 Å². The second kappa shape index (κ2) is 7.80. The van der Waals surface area contributed by atoms with Crippen molar-refractivity contribution in [3.8, 4) is 17.1 Å². The number of para-hydroxylation sites is 3. The number of carbonyl (C=O) groups is 1. The molecule has 4 aromatic rings. The molecule has 0 saturated heterocycles. The van der Waals surface area contributed by atoms with Crippen molar-refractivity contribution in [3.05, 3.63) is 83.4 Å². The molecule has 5 heteroatoms. The molecule has 3 aromatic carbocycles. The van der Waals surface area contributed by atoms with E-state index in [0.717, 1.165) is 22.4 Å². The minimum atomic E-state index is -0.510. The van der Waals surface area contributed by atoms with Crippen molar-refractivity contribution in [2.45, 2.75) is 20.4 Å². The molecule has 1 aromatic heterocycles. The van der Waals surface area contributed by atoms with Gasteiger partial charge in [0.25, 0.3) is 5.91 Å². The van der Waals surface area contributed by atoms with E-state index >= 15 is 0 Å². The van der Waals surface area contributed by atoms with E-state index < -0.39 is 5.91 Å². The number of rotatable bonds is 6. The Bertz CT molecular complexity index is 1170. The molecule has 2 N–H and O–H groups in total. The quantitative estimate of drug-likeness (QED) is 0.540. The summed E-state index contributed by atoms with van der Waals surface area (Å²) in [7, 11) is 0. The van der Waals surface area contributed by atoms with Crippen LogP contribution in [0.5, 0.6) is 5.75 Å². The first kappa shape index (κ1) is 18.7. The molecule has 0 bridgehead atoms. The van der Waals surface area contributed by atoms with Crippen LogP contribution < -0.4 is 10.5 Å². The third-order valence-corrected chi connectivity index (χ3v) is 5.11. The van der Waals surface area contributed by atoms with Gasteiger partial charge >= 0.3 is 0 Å². The van der Waals surface area contributed by atoms with E-state index in [1.807, 2.05) is 42.5 Å². The summed E-state index contributed by atoms with van der Waals surface area (Å²) in [6.07, 6.45) is 0. The molecule has 0 unspecified atom stereocenters. The monoisotopic (exact) mass is 385 g/mol. The first-order valence-corrected chi connectivity index (χ1v) is 9.55. The number of fused-ring (bicyclic) bond motifs is 1. The van der Waals surface area contributed by atoms with Crippen molar-refractivity contribution >= 4 is 16.9 Å². The van der Waals surface area contributed by atoms with Crippen LogP contribution >= 0.6 is 0 Å². The lowest BCUT2D eigenvalue weighted by Crippen LogP contribution is -2.20. The summed E-state index contributed by atoms with van der Waals surface area (Å²) < 4.78 is 7.88. The smallest absolute Gasteiger partial charge is 0.255 e. The van der Waals surface area contributed by atoms with Crippen LogP contribution in [0.3, 0.4) is 0 Å². The molecule has 0 atom stereocenters. The van der Waals surface area contributed by atoms with Crippen LogP contribution in [0.2, 0.25) is 0 Å². The van der Waals surface area contributed by atoms with E-state index in [4.69, 9.17) is 15.5 Å². The highest BCUT2D eigenvalue weighted by Crippen LogP contribution is 2.33. The van der Waals surface area contributed by atoms with Crippen LogP contribution in [0, 0.1) is 13.8 Å². The van der Waals surface area contributed by atoms with Gasteiger partial charge in [0, 0.05) is 0 Å². The van der Waals surface area contributed by atoms with E-state index in [0.29, 0.717) is 12.3 Å². The first-order chi connectivity index (χ1) is 14.0. The maximum atomic E-state index is 11.2. The maximum absolute atomic E-state index is 11.2. The van der Waals surface area contributed by atoms with Crippen molar-refractivity contribution in [1.29, 1.82) is 0 Å². The van der Waals surface area contributed by atoms with E-state index in [1.165, 1.54) is 16.7 Å². The van der Waals surface area contributed by atoms with Gasteiger partial charge in [-0.05, 0) is 54.8 Å². The number of carbonyl (C=O) groups excluding carboxylic acids is 1. The molecule has 0 aliphatic carbocycles. The summed E-state index contributed by atoms with van der Waals surface area (Å²) in [4.78, 5) is 16.1. The number of aryl methyl sites for hydroxylation is 2. The number of hydrogen-bond acceptors (Lipinski definition) is 3. The summed E-state index contributed by atoms with van der Waals surface area (Å²) in [5.74, 6) is 0.877. The third-order valence-electron chi connectivity index (χ3n) is 5.11. The van der Waals surface area contributed by atoms with Gasteiger partial charge < -0.3 is 15.0 Å². The number of nitrogens with two attached hydrogens (primary N) is 1. The van der Waals surface area contributed by atoms with Gasteiger partial charge in [-0.2, -0.15) is 0 Å². The van der Waals surface area contributed by atoms with Gasteiger partial charge in [0.2, 0.25) is 0 Å². The summed E-state index contributed by atoms with van der Waals surface area (Å²) in [5, 5.41) is 0. The molecule has 146 valence electrons. The molecule has 5 nitrogen and oxygen atoms in total. The molecular weight excluding hydrogens is 362 g/mol. The van der Waals surface area contributed by atoms with Crippen molar-refractivity contribution in [1.82, 2.24) is 9.55 Å². The van der Waals surface area contributed by atoms with Gasteiger partial charge in [0.05, 0.1) is 23.1 Å². The normalized spacial score (nSPS) is 11.0. The molecule has 0 aliphatic heterocycles. The number of imidazole rings is 1. The second-order valence-electron chi connectivity index (χ2n) is 7.13. The number of nitrogens with zero attached hydrogens (tertiary/aromatic N) is 2. The van der Waals surface area contributed by atoms with Crippen molar-refractivity contribution in [2.75, 3.05) is 6.61 Å². The molecule has 0 radical (unpaired) electrons. The predicted molar refractivity (Wildman–Crippen MR) is 115 cm³/mol. The van der Waals surface area contributed by atoms with Crippen LogP contribution in [-0.2, 0) is 11.3 Å². The fourth-order valence-corrected chi connectivity index (χ4v) is 3.62. The average molecular weight is 385 g/mol. The van der Waals surface area contributed by atoms with E-state index in [1.54, 1.807) is 0 Å². The zero-order valence-electron chi connectivity index (χ0n) is 16.6. The Balaban J connectivity index is 1.88. The number of primary amides is 1. The van der Waals surface area contributed by atoms with E-state index in [2.05, 4.69) is 42.7 Å². The predicted octanol–water partition coefficient (Wildman–Crippen LogP) is 4.23. The van der Waals surface area contributed by atoms with E-state index in [-0.39, 0.29) is 6.61 Å². The Kier molecular flexibility index (Phi) is 5.04. The molecule has 0 saturated carbocycles. The standard InChI is InChI=1S/C24H23N3O2/c1-16-8-7-9-17(2)19(16)14-27-21-12-5-4-11-20(21)26-24(27)18-10-3-6-13-22(18)29-15-23(25)28/h3-13H,14-15H2,1-2H3,(H2,25,28). The van der Waals surface area contributed by atoms with Crippen LogP contribution in [0.1, 0.15) is 16.7 Å². The molecule has 0 aliphatic rings. The topological polar surface area (TPSA) is 70.1 Å². The highest BCUT2D eigenvalue weighted by Gasteiger charge is 2.18. The fourth-order valence-electron chi connectivity index (χ4n) is 3.62. The third kappa shape index (κ3) is 3.72. The van der Waals surface area contributed by atoms with Crippen molar-refractivity contribution in [2.24, 2.45) is 5.73 Å². The number of aromatic nitrogens is 2. The largest absolute Gasteiger partial charge is 0.483 e. The van der Waals surface area contributed by atoms with E-state index in [9.17, 15) is 4.79 Å². The lowest BCUT2D eigenvalue weighted by molar-refractivity contribution is -0.119. The Labute approximate surface area is 169 Å². The molecule has 1 heterocycles. The van der Waals surface area contributed by atoms with Gasteiger partial charge in [0.1, 0.15) is 11.6 Å². The Hall–Kier alpha value is -3.60. The van der Waals surface area contributed by atoms with Gasteiger partial charge in [0.15, 0.2) is 6.61 Å². The van der Waals surface area contributed by atoms with Gasteiger partial charge in [-0.1, -0.05) is 42.5 Å². The molecular formula is C24H23N3O2. The molecule has 0 spiro atoms. The van der Waals surface area contributed by atoms with Gasteiger partial charge in [-0.25, -0.2) is 4.98 Å². The number of amides is 1. The van der Waals surface area contributed by atoms with Crippen LogP contribution in [0.15, 0.2) is 66.7 Å². The highest BCUT2D eigenvalue weighted by molar-refractivity contribution is 5.82. The summed E-state index contributed by atoms with van der Waals surface area (Å²) in [5.41, 5.74) is 11.8. The Morgan fingerprint density at radius 2 is 1.66 bits per heavy atom. The highest BCUT2D eigenvalue weighted by atomic mass is 16.5. The second-order valence-corrected chi connectivity index (χ2v) is 7.13. The summed E-state index contributed by atoms with van der Waals surface area (Å²) in [6.45, 7) is 4.78. The van der Waals surface area contributed by atoms with Crippen molar-refractivity contribution in [3.63, 3.8) is 0 Å². The first-order valence-electron chi connectivity index (χ1n) is 9.55. The van der Waals surface area contributed by atoms with Gasteiger partial charge in [-0.3, -0.25) is 4.79 Å². The van der Waals surface area contributed by atoms with Crippen LogP contribution in [0.25, 0.3) is 22.4 Å². The molecule has 0 fully saturated rings. The lowest BCUT2D eigenvalue weighted by Gasteiger charge is -2.16. The maximum Gasteiger partial charge on any atom is 0.255 e. The fraction of sp³-hybridized carbons (Fsp3) is 0.167. The Morgan fingerprint density at radius 3 is 2.41 bits per heavy atom. The number of benzene rings is 3.